The van der Waals surface area contributed by atoms with Crippen LogP contribution in [0.2, 0.25) is 0 Å². The van der Waals surface area contributed by atoms with E-state index in [1.807, 2.05) is 30.3 Å². The van der Waals surface area contributed by atoms with Crippen molar-refractivity contribution in [2.45, 2.75) is 12.5 Å². The summed E-state index contributed by atoms with van der Waals surface area (Å²) in [5, 5.41) is 16.9. The maximum absolute atomic E-state index is 12.3. The molecule has 2 aromatic carbocycles. The predicted molar refractivity (Wildman–Crippen MR) is 92.2 cm³/mol. The Kier molecular flexibility index (Phi) is 4.60. The highest BCUT2D eigenvalue weighted by Gasteiger charge is 2.26. The second-order valence-electron chi connectivity index (χ2n) is 5.68. The Morgan fingerprint density at radius 2 is 1.88 bits per heavy atom. The summed E-state index contributed by atoms with van der Waals surface area (Å²) >= 11 is 0. The molecule has 0 unspecified atom stereocenters. The van der Waals surface area contributed by atoms with E-state index in [4.69, 9.17) is 0 Å². The van der Waals surface area contributed by atoms with E-state index >= 15 is 0 Å². The lowest BCUT2D eigenvalue weighted by Gasteiger charge is -2.18. The van der Waals surface area contributed by atoms with E-state index in [9.17, 15) is 14.9 Å². The number of hydrogen-bond acceptors (Lipinski definition) is 4. The zero-order valence-electron chi connectivity index (χ0n) is 13.0. The highest BCUT2D eigenvalue weighted by atomic mass is 16.6. The van der Waals surface area contributed by atoms with Gasteiger partial charge in [0.1, 0.15) is 0 Å². The molecule has 1 atom stereocenters. The third-order valence-electron chi connectivity index (χ3n) is 3.93. The number of nitro benzene ring substituents is 1. The average molecular weight is 326 g/mol. The predicted octanol–water partition coefficient (Wildman–Crippen LogP) is 3.31. The number of amides is 2. The van der Waals surface area contributed by atoms with Crippen LogP contribution >= 0.6 is 0 Å². The van der Waals surface area contributed by atoms with E-state index in [1.165, 1.54) is 12.1 Å². The lowest BCUT2D eigenvalue weighted by molar-refractivity contribution is -0.384. The van der Waals surface area contributed by atoms with Crippen molar-refractivity contribution in [3.63, 3.8) is 0 Å². The fraction of sp³-hybridized carbons (Fsp3) is 0.235. The Morgan fingerprint density at radius 1 is 1.12 bits per heavy atom. The lowest BCUT2D eigenvalue weighted by Crippen LogP contribution is -2.34. The molecule has 2 N–H and O–H groups in total. The normalized spacial score (nSPS) is 16.7. The molecule has 24 heavy (non-hydrogen) atoms. The molecule has 0 spiro atoms. The Labute approximate surface area is 139 Å². The minimum absolute atomic E-state index is 0.0437. The first kappa shape index (κ1) is 15.8. The van der Waals surface area contributed by atoms with E-state index in [-0.39, 0.29) is 17.8 Å². The zero-order valence-corrected chi connectivity index (χ0v) is 13.0. The molecule has 1 aliphatic rings. The van der Waals surface area contributed by atoms with Gasteiger partial charge in [-0.3, -0.25) is 10.1 Å². The molecule has 0 aliphatic carbocycles. The smallest absolute Gasteiger partial charge is 0.321 e. The molecule has 7 heteroatoms. The number of rotatable bonds is 4. The molecule has 2 aromatic rings. The van der Waals surface area contributed by atoms with E-state index in [0.29, 0.717) is 18.8 Å². The SMILES string of the molecule is O=C(Nc1cccc([N+](=O)[O-])c1)N1CC[C@H](Nc2ccccc2)C1. The van der Waals surface area contributed by atoms with Crippen LogP contribution in [0.25, 0.3) is 0 Å². The number of nitrogens with one attached hydrogen (secondary N) is 2. The second kappa shape index (κ2) is 6.99. The van der Waals surface area contributed by atoms with Gasteiger partial charge in [-0.25, -0.2) is 4.79 Å². The van der Waals surface area contributed by atoms with Crippen LogP contribution in [0.3, 0.4) is 0 Å². The maximum Gasteiger partial charge on any atom is 0.321 e. The fourth-order valence-corrected chi connectivity index (χ4v) is 2.73. The Balaban J connectivity index is 1.56. The molecule has 7 nitrogen and oxygen atoms in total. The first-order chi connectivity index (χ1) is 11.6. The molecule has 0 bridgehead atoms. The molecular weight excluding hydrogens is 308 g/mol. The van der Waals surface area contributed by atoms with Gasteiger partial charge in [0.25, 0.3) is 5.69 Å². The summed E-state index contributed by atoms with van der Waals surface area (Å²) in [4.78, 5) is 24.3. The molecule has 1 saturated heterocycles. The van der Waals surface area contributed by atoms with Crippen LogP contribution in [0, 0.1) is 10.1 Å². The summed E-state index contributed by atoms with van der Waals surface area (Å²) in [7, 11) is 0. The Hall–Kier alpha value is -3.09. The number of hydrogen-bond donors (Lipinski definition) is 2. The number of carbonyl (C=O) groups is 1. The number of anilines is 2. The molecule has 0 radical (unpaired) electrons. The van der Waals surface area contributed by atoms with Crippen LogP contribution in [0.5, 0.6) is 0 Å². The number of likely N-dealkylation sites (tertiary alicyclic amines) is 1. The van der Waals surface area contributed by atoms with E-state index in [2.05, 4.69) is 10.6 Å². The summed E-state index contributed by atoms with van der Waals surface area (Å²) in [6.07, 6.45) is 0.858. The first-order valence-corrected chi connectivity index (χ1v) is 7.74. The Morgan fingerprint density at radius 3 is 2.62 bits per heavy atom. The van der Waals surface area contributed by atoms with Gasteiger partial charge in [0.05, 0.1) is 4.92 Å². The minimum Gasteiger partial charge on any atom is -0.380 e. The molecule has 2 amide bonds. The summed E-state index contributed by atoms with van der Waals surface area (Å²) in [6.45, 7) is 1.24. The van der Waals surface area contributed by atoms with Gasteiger partial charge >= 0.3 is 6.03 Å². The van der Waals surface area contributed by atoms with Gasteiger partial charge in [0.15, 0.2) is 0 Å². The molecule has 1 heterocycles. The van der Waals surface area contributed by atoms with Crippen molar-refractivity contribution in [3.8, 4) is 0 Å². The number of carbonyl (C=O) groups excluding carboxylic acids is 1. The van der Waals surface area contributed by atoms with Crippen LogP contribution in [0.15, 0.2) is 54.6 Å². The van der Waals surface area contributed by atoms with Gasteiger partial charge < -0.3 is 15.5 Å². The van der Waals surface area contributed by atoms with Crippen molar-refractivity contribution in [1.82, 2.24) is 4.90 Å². The minimum atomic E-state index is -0.481. The van der Waals surface area contributed by atoms with Gasteiger partial charge in [0, 0.05) is 42.6 Å². The highest BCUT2D eigenvalue weighted by molar-refractivity contribution is 5.90. The molecule has 0 aromatic heterocycles. The van der Waals surface area contributed by atoms with Crippen LogP contribution in [0.1, 0.15) is 6.42 Å². The van der Waals surface area contributed by atoms with Crippen LogP contribution in [0.4, 0.5) is 21.9 Å². The van der Waals surface area contributed by atoms with Gasteiger partial charge in [-0.1, -0.05) is 24.3 Å². The maximum atomic E-state index is 12.3. The zero-order chi connectivity index (χ0) is 16.9. The first-order valence-electron chi connectivity index (χ1n) is 7.74. The number of urea groups is 1. The number of benzene rings is 2. The molecule has 3 rings (SSSR count). The van der Waals surface area contributed by atoms with Crippen LogP contribution in [-0.4, -0.2) is 35.0 Å². The summed E-state index contributed by atoms with van der Waals surface area (Å²) in [5.41, 5.74) is 1.41. The van der Waals surface area contributed by atoms with Crippen molar-refractivity contribution in [2.24, 2.45) is 0 Å². The molecule has 0 saturated carbocycles. The molecular formula is C17H18N4O3. The van der Waals surface area contributed by atoms with Crippen molar-refractivity contribution in [3.05, 3.63) is 64.7 Å². The summed E-state index contributed by atoms with van der Waals surface area (Å²) in [5.74, 6) is 0. The lowest BCUT2D eigenvalue weighted by atomic mass is 10.2. The van der Waals surface area contributed by atoms with Gasteiger partial charge in [0.2, 0.25) is 0 Å². The largest absolute Gasteiger partial charge is 0.380 e. The van der Waals surface area contributed by atoms with E-state index in [0.717, 1.165) is 12.1 Å². The van der Waals surface area contributed by atoms with Crippen molar-refractivity contribution in [2.75, 3.05) is 23.7 Å². The molecule has 1 aliphatic heterocycles. The quantitative estimate of drug-likeness (QED) is 0.666. The third kappa shape index (κ3) is 3.81. The van der Waals surface area contributed by atoms with Crippen molar-refractivity contribution < 1.29 is 9.72 Å². The third-order valence-corrected chi connectivity index (χ3v) is 3.93. The van der Waals surface area contributed by atoms with Gasteiger partial charge in [-0.2, -0.15) is 0 Å². The topological polar surface area (TPSA) is 87.5 Å². The highest BCUT2D eigenvalue weighted by Crippen LogP contribution is 2.20. The number of nitrogens with zero attached hydrogens (tertiary/aromatic N) is 2. The number of para-hydroxylation sites is 1. The van der Waals surface area contributed by atoms with Crippen molar-refractivity contribution >= 4 is 23.1 Å². The van der Waals surface area contributed by atoms with E-state index < -0.39 is 4.92 Å². The van der Waals surface area contributed by atoms with Crippen LogP contribution in [-0.2, 0) is 0 Å². The Bertz CT molecular complexity index is 736. The number of nitro groups is 1. The summed E-state index contributed by atoms with van der Waals surface area (Å²) < 4.78 is 0. The van der Waals surface area contributed by atoms with Crippen LogP contribution < -0.4 is 10.6 Å². The average Bonchev–Trinajstić information content (AvgIpc) is 3.04. The monoisotopic (exact) mass is 326 g/mol. The van der Waals surface area contributed by atoms with Crippen molar-refractivity contribution in [1.29, 1.82) is 0 Å². The fourth-order valence-electron chi connectivity index (χ4n) is 2.73. The summed E-state index contributed by atoms with van der Waals surface area (Å²) in [6, 6.07) is 15.8. The number of non-ortho nitro benzene ring substituents is 1. The molecule has 1 fully saturated rings. The molecule has 124 valence electrons. The second-order valence-corrected chi connectivity index (χ2v) is 5.68. The van der Waals surface area contributed by atoms with Gasteiger partial charge in [-0.05, 0) is 24.6 Å². The van der Waals surface area contributed by atoms with E-state index in [1.54, 1.807) is 17.0 Å². The standard InChI is InChI=1S/C17H18N4O3/c22-17(19-14-7-4-8-16(11-14)21(23)24)20-10-9-15(12-20)18-13-5-2-1-3-6-13/h1-8,11,15,18H,9-10,12H2,(H,19,22)/t15-/m0/s1. The van der Waals surface area contributed by atoms with Gasteiger partial charge in [-0.15, -0.1) is 0 Å².